The fourth-order valence-corrected chi connectivity index (χ4v) is 1.76. The molecule has 0 spiro atoms. The van der Waals surface area contributed by atoms with Crippen molar-refractivity contribution in [2.45, 2.75) is 52.2 Å². The second kappa shape index (κ2) is 4.24. The van der Waals surface area contributed by atoms with Crippen molar-refractivity contribution < 1.29 is 14.6 Å². The van der Waals surface area contributed by atoms with Crippen LogP contribution in [0.3, 0.4) is 0 Å². The van der Waals surface area contributed by atoms with Crippen LogP contribution in [0.4, 0.5) is 4.79 Å². The third-order valence-electron chi connectivity index (χ3n) is 3.06. The normalized spacial score (nSPS) is 31.4. The Morgan fingerprint density at radius 2 is 2.06 bits per heavy atom. The molecule has 4 heteroatoms. The molecule has 0 aromatic heterocycles. The third-order valence-corrected chi connectivity index (χ3v) is 3.06. The number of likely N-dealkylation sites (tertiary alicyclic amines) is 1. The van der Waals surface area contributed by atoms with Crippen LogP contribution in [0.25, 0.3) is 0 Å². The minimum atomic E-state index is -0.810. The molecule has 94 valence electrons. The Morgan fingerprint density at radius 1 is 1.50 bits per heavy atom. The molecule has 1 saturated heterocycles. The topological polar surface area (TPSA) is 49.8 Å². The van der Waals surface area contributed by atoms with E-state index >= 15 is 0 Å². The number of piperidine rings is 1. The highest BCUT2D eigenvalue weighted by Crippen LogP contribution is 2.27. The first-order valence-corrected chi connectivity index (χ1v) is 5.82. The molecule has 0 bridgehead atoms. The highest BCUT2D eigenvalue weighted by atomic mass is 16.6. The molecular weight excluding hydrogens is 206 g/mol. The number of carbonyl (C=O) groups is 1. The number of amides is 1. The van der Waals surface area contributed by atoms with E-state index in [0.717, 1.165) is 6.42 Å². The van der Waals surface area contributed by atoms with Gasteiger partial charge in [-0.15, -0.1) is 0 Å². The molecule has 0 radical (unpaired) electrons. The Balaban J connectivity index is 2.60. The Bertz CT molecular complexity index is 268. The Kier molecular flexibility index (Phi) is 3.53. The van der Waals surface area contributed by atoms with Gasteiger partial charge in [0.15, 0.2) is 0 Å². The van der Waals surface area contributed by atoms with Crippen molar-refractivity contribution in [2.24, 2.45) is 5.92 Å². The summed E-state index contributed by atoms with van der Waals surface area (Å²) in [4.78, 5) is 13.4. The minimum absolute atomic E-state index is 0.214. The van der Waals surface area contributed by atoms with E-state index in [4.69, 9.17) is 4.74 Å². The average molecular weight is 229 g/mol. The lowest BCUT2D eigenvalue weighted by Gasteiger charge is -2.41. The fraction of sp³-hybridized carbons (Fsp3) is 0.917. The molecule has 2 atom stereocenters. The summed E-state index contributed by atoms with van der Waals surface area (Å²) < 4.78 is 5.28. The van der Waals surface area contributed by atoms with Crippen LogP contribution in [-0.4, -0.2) is 40.4 Å². The van der Waals surface area contributed by atoms with Crippen LogP contribution in [0.15, 0.2) is 0 Å². The number of aliphatic hydroxyl groups is 1. The van der Waals surface area contributed by atoms with Gasteiger partial charge in [0.2, 0.25) is 0 Å². The van der Waals surface area contributed by atoms with Crippen LogP contribution >= 0.6 is 0 Å². The summed E-state index contributed by atoms with van der Waals surface area (Å²) in [5.74, 6) is 0.214. The summed E-state index contributed by atoms with van der Waals surface area (Å²) in [7, 11) is 0. The first-order chi connectivity index (χ1) is 7.12. The maximum Gasteiger partial charge on any atom is 0.410 e. The van der Waals surface area contributed by atoms with Gasteiger partial charge in [0.05, 0.1) is 12.1 Å². The van der Waals surface area contributed by atoms with Crippen molar-refractivity contribution in [2.75, 3.05) is 13.1 Å². The van der Waals surface area contributed by atoms with Gasteiger partial charge in [-0.1, -0.05) is 6.92 Å². The molecule has 1 unspecified atom stereocenters. The Hall–Kier alpha value is -0.770. The zero-order valence-electron chi connectivity index (χ0n) is 10.9. The average Bonchev–Trinajstić information content (AvgIpc) is 2.06. The molecule has 1 fully saturated rings. The summed E-state index contributed by atoms with van der Waals surface area (Å²) in [5, 5.41) is 10.1. The first kappa shape index (κ1) is 13.3. The van der Waals surface area contributed by atoms with Crippen LogP contribution in [0.1, 0.15) is 41.0 Å². The van der Waals surface area contributed by atoms with Crippen molar-refractivity contribution in [3.05, 3.63) is 0 Å². The first-order valence-electron chi connectivity index (χ1n) is 5.82. The van der Waals surface area contributed by atoms with Gasteiger partial charge >= 0.3 is 6.09 Å². The van der Waals surface area contributed by atoms with Crippen LogP contribution in [0.2, 0.25) is 0 Å². The second-order valence-electron chi connectivity index (χ2n) is 5.95. The highest BCUT2D eigenvalue weighted by Gasteiger charge is 2.38. The van der Waals surface area contributed by atoms with Crippen LogP contribution in [0, 0.1) is 5.92 Å². The van der Waals surface area contributed by atoms with Gasteiger partial charge in [-0.25, -0.2) is 4.79 Å². The molecule has 1 aliphatic heterocycles. The van der Waals surface area contributed by atoms with Gasteiger partial charge in [0, 0.05) is 6.54 Å². The third kappa shape index (κ3) is 3.37. The van der Waals surface area contributed by atoms with Gasteiger partial charge in [-0.2, -0.15) is 0 Å². The number of carbonyl (C=O) groups excluding carboxylic acids is 1. The monoisotopic (exact) mass is 229 g/mol. The molecule has 1 aliphatic rings. The zero-order valence-corrected chi connectivity index (χ0v) is 10.9. The van der Waals surface area contributed by atoms with Gasteiger partial charge in [0.25, 0.3) is 0 Å². The number of β-amino-alcohol motifs (C(OH)–C–C–N with tert-alkyl or cyclic N) is 1. The molecule has 16 heavy (non-hydrogen) atoms. The minimum Gasteiger partial charge on any atom is -0.444 e. The number of rotatable bonds is 0. The smallest absolute Gasteiger partial charge is 0.410 e. The molecule has 1 heterocycles. The van der Waals surface area contributed by atoms with Crippen molar-refractivity contribution in [1.29, 1.82) is 0 Å². The van der Waals surface area contributed by atoms with Crippen molar-refractivity contribution in [1.82, 2.24) is 4.90 Å². The zero-order chi connectivity index (χ0) is 12.6. The summed E-state index contributed by atoms with van der Waals surface area (Å²) in [6, 6.07) is 0. The molecular formula is C12H23NO3. The molecule has 4 nitrogen and oxygen atoms in total. The van der Waals surface area contributed by atoms with Gasteiger partial charge in [-0.3, -0.25) is 0 Å². The van der Waals surface area contributed by atoms with E-state index in [-0.39, 0.29) is 12.0 Å². The molecule has 0 aromatic rings. The number of hydrogen-bond donors (Lipinski definition) is 1. The van der Waals surface area contributed by atoms with E-state index in [2.05, 4.69) is 0 Å². The summed E-state index contributed by atoms with van der Waals surface area (Å²) in [6.07, 6.45) is 0.478. The molecule has 0 aromatic carbocycles. The standard InChI is InChI=1S/C12H23NO3/c1-9-6-7-13(8-12(9,5)15)10(14)16-11(2,3)4/h9,15H,6-8H2,1-5H3/t9?,12-/m1/s1. The van der Waals surface area contributed by atoms with Crippen molar-refractivity contribution >= 4 is 6.09 Å². The number of nitrogens with zero attached hydrogens (tertiary/aromatic N) is 1. The number of hydrogen-bond acceptors (Lipinski definition) is 3. The van der Waals surface area contributed by atoms with E-state index in [1.807, 2.05) is 27.7 Å². The predicted molar refractivity (Wildman–Crippen MR) is 62.2 cm³/mol. The number of ether oxygens (including phenoxy) is 1. The van der Waals surface area contributed by atoms with E-state index < -0.39 is 11.2 Å². The van der Waals surface area contributed by atoms with Crippen LogP contribution in [-0.2, 0) is 4.74 Å². The van der Waals surface area contributed by atoms with Crippen molar-refractivity contribution in [3.8, 4) is 0 Å². The van der Waals surface area contributed by atoms with Gasteiger partial charge in [-0.05, 0) is 40.0 Å². The Morgan fingerprint density at radius 3 is 2.50 bits per heavy atom. The molecule has 0 saturated carbocycles. The van der Waals surface area contributed by atoms with Crippen LogP contribution in [0.5, 0.6) is 0 Å². The van der Waals surface area contributed by atoms with Gasteiger partial charge in [0.1, 0.15) is 5.60 Å². The second-order valence-corrected chi connectivity index (χ2v) is 5.95. The summed E-state index contributed by atoms with van der Waals surface area (Å²) in [6.45, 7) is 10.3. The molecule has 0 aliphatic carbocycles. The van der Waals surface area contributed by atoms with Crippen LogP contribution < -0.4 is 0 Å². The maximum absolute atomic E-state index is 11.8. The predicted octanol–water partition coefficient (Wildman–Crippen LogP) is 2.01. The van der Waals surface area contributed by atoms with E-state index in [1.54, 1.807) is 11.8 Å². The van der Waals surface area contributed by atoms with E-state index in [1.165, 1.54) is 0 Å². The summed E-state index contributed by atoms with van der Waals surface area (Å²) >= 11 is 0. The fourth-order valence-electron chi connectivity index (χ4n) is 1.76. The molecule has 1 amide bonds. The lowest BCUT2D eigenvalue weighted by Crippen LogP contribution is -2.53. The van der Waals surface area contributed by atoms with E-state index in [0.29, 0.717) is 13.1 Å². The Labute approximate surface area is 97.6 Å². The maximum atomic E-state index is 11.8. The summed E-state index contributed by atoms with van der Waals surface area (Å²) in [5.41, 5.74) is -1.29. The largest absolute Gasteiger partial charge is 0.444 e. The lowest BCUT2D eigenvalue weighted by molar-refractivity contribution is -0.0625. The highest BCUT2D eigenvalue weighted by molar-refractivity contribution is 5.68. The van der Waals surface area contributed by atoms with E-state index in [9.17, 15) is 9.90 Å². The lowest BCUT2D eigenvalue weighted by atomic mass is 9.84. The molecule has 1 rings (SSSR count). The quantitative estimate of drug-likeness (QED) is 0.691. The van der Waals surface area contributed by atoms with Crippen molar-refractivity contribution in [3.63, 3.8) is 0 Å². The van der Waals surface area contributed by atoms with Gasteiger partial charge < -0.3 is 14.7 Å². The SMILES string of the molecule is CC1CCN(C(=O)OC(C)(C)C)C[C@@]1(C)O. The molecule has 1 N–H and O–H groups in total.